The number of halogens is 2. The van der Waals surface area contributed by atoms with Gasteiger partial charge in [-0.25, -0.2) is 9.67 Å². The summed E-state index contributed by atoms with van der Waals surface area (Å²) in [4.78, 5) is 17.1. The number of hydrogen-bond acceptors (Lipinski definition) is 4. The molecule has 0 radical (unpaired) electrons. The van der Waals surface area contributed by atoms with Crippen molar-refractivity contribution in [3.05, 3.63) is 40.3 Å². The molecule has 0 spiro atoms. The van der Waals surface area contributed by atoms with E-state index in [2.05, 4.69) is 27.6 Å². The van der Waals surface area contributed by atoms with Crippen molar-refractivity contribution < 1.29 is 4.79 Å². The molecule has 136 valence electrons. The van der Waals surface area contributed by atoms with Gasteiger partial charge in [0.05, 0.1) is 10.7 Å². The normalized spacial score (nSPS) is 20.0. The second-order valence-electron chi connectivity index (χ2n) is 6.39. The van der Waals surface area contributed by atoms with Crippen molar-refractivity contribution in [3.8, 4) is 5.82 Å². The molecule has 1 saturated heterocycles. The molecular formula is C17H23Cl2N5O. The molecule has 1 fully saturated rings. The summed E-state index contributed by atoms with van der Waals surface area (Å²) >= 11 is 6.21. The van der Waals surface area contributed by atoms with E-state index in [1.165, 1.54) is 0 Å². The third kappa shape index (κ3) is 4.32. The number of aryl methyl sites for hydroxylation is 2. The summed E-state index contributed by atoms with van der Waals surface area (Å²) in [5.41, 5.74) is 2.10. The minimum absolute atomic E-state index is 0. The molecule has 2 aromatic heterocycles. The molecule has 2 unspecified atom stereocenters. The van der Waals surface area contributed by atoms with Crippen molar-refractivity contribution in [1.29, 1.82) is 0 Å². The Hall–Kier alpha value is -1.63. The molecule has 0 aromatic carbocycles. The average Bonchev–Trinajstić information content (AvgIpc) is 2.88. The van der Waals surface area contributed by atoms with Gasteiger partial charge < -0.3 is 10.6 Å². The maximum absolute atomic E-state index is 12.6. The second-order valence-corrected chi connectivity index (χ2v) is 6.80. The minimum Gasteiger partial charge on any atom is -0.348 e. The fourth-order valence-electron chi connectivity index (χ4n) is 3.04. The highest BCUT2D eigenvalue weighted by atomic mass is 35.5. The topological polar surface area (TPSA) is 71.8 Å². The fourth-order valence-corrected chi connectivity index (χ4v) is 3.23. The highest BCUT2D eigenvalue weighted by Crippen LogP contribution is 2.19. The molecule has 6 nitrogen and oxygen atoms in total. The van der Waals surface area contributed by atoms with Crippen LogP contribution in [-0.2, 0) is 0 Å². The molecule has 3 rings (SSSR count). The summed E-state index contributed by atoms with van der Waals surface area (Å²) < 4.78 is 1.72. The Bertz CT molecular complexity index is 761. The largest absolute Gasteiger partial charge is 0.348 e. The third-order valence-electron chi connectivity index (χ3n) is 4.37. The number of piperidine rings is 1. The number of carbonyl (C=O) groups excluding carboxylic acids is 1. The first-order valence-electron chi connectivity index (χ1n) is 8.17. The van der Waals surface area contributed by atoms with Crippen molar-refractivity contribution in [1.82, 2.24) is 25.4 Å². The quantitative estimate of drug-likeness (QED) is 0.854. The lowest BCUT2D eigenvalue weighted by Gasteiger charge is -2.30. The van der Waals surface area contributed by atoms with Crippen LogP contribution >= 0.6 is 24.0 Å². The van der Waals surface area contributed by atoms with Gasteiger partial charge in [-0.3, -0.25) is 4.79 Å². The summed E-state index contributed by atoms with van der Waals surface area (Å²) in [5, 5.41) is 11.1. The van der Waals surface area contributed by atoms with Gasteiger partial charge in [-0.05, 0) is 57.5 Å². The Kier molecular flexibility index (Phi) is 6.43. The Morgan fingerprint density at radius 3 is 2.80 bits per heavy atom. The van der Waals surface area contributed by atoms with E-state index in [0.29, 0.717) is 16.8 Å². The van der Waals surface area contributed by atoms with Crippen LogP contribution in [0.4, 0.5) is 0 Å². The van der Waals surface area contributed by atoms with E-state index in [1.54, 1.807) is 16.8 Å². The van der Waals surface area contributed by atoms with Crippen molar-refractivity contribution in [2.75, 3.05) is 13.1 Å². The second kappa shape index (κ2) is 8.17. The molecule has 0 saturated carbocycles. The van der Waals surface area contributed by atoms with E-state index in [1.807, 2.05) is 19.9 Å². The molecule has 1 amide bonds. The van der Waals surface area contributed by atoms with Crippen LogP contribution in [0.15, 0.2) is 18.2 Å². The van der Waals surface area contributed by atoms with Crippen LogP contribution in [0.3, 0.4) is 0 Å². The molecule has 3 heterocycles. The number of amides is 1. The molecular weight excluding hydrogens is 361 g/mol. The van der Waals surface area contributed by atoms with Gasteiger partial charge in [0.1, 0.15) is 5.69 Å². The van der Waals surface area contributed by atoms with Crippen molar-refractivity contribution in [2.45, 2.75) is 33.2 Å². The predicted molar refractivity (Wildman–Crippen MR) is 101 cm³/mol. The van der Waals surface area contributed by atoms with Crippen LogP contribution < -0.4 is 10.6 Å². The summed E-state index contributed by atoms with van der Waals surface area (Å²) in [5.74, 6) is 0.733. The van der Waals surface area contributed by atoms with Crippen molar-refractivity contribution >= 4 is 29.9 Å². The highest BCUT2D eigenvalue weighted by Gasteiger charge is 2.25. The molecule has 25 heavy (non-hydrogen) atoms. The Morgan fingerprint density at radius 1 is 1.40 bits per heavy atom. The molecule has 2 atom stereocenters. The number of nitrogens with zero attached hydrogens (tertiary/aromatic N) is 3. The van der Waals surface area contributed by atoms with Crippen LogP contribution in [0.25, 0.3) is 5.82 Å². The number of nitrogens with one attached hydrogen (secondary N) is 2. The van der Waals surface area contributed by atoms with Gasteiger partial charge in [0, 0.05) is 11.7 Å². The zero-order chi connectivity index (χ0) is 17.3. The lowest BCUT2D eigenvalue weighted by molar-refractivity contribution is 0.0909. The van der Waals surface area contributed by atoms with Crippen molar-refractivity contribution in [3.63, 3.8) is 0 Å². The monoisotopic (exact) mass is 383 g/mol. The third-order valence-corrected chi connectivity index (χ3v) is 4.68. The Balaban J connectivity index is 0.00000225. The van der Waals surface area contributed by atoms with E-state index in [9.17, 15) is 4.79 Å². The van der Waals surface area contributed by atoms with E-state index < -0.39 is 0 Å². The standard InChI is InChI=1S/C17H22ClN5O.ClH/c1-10-9-19-7-6-14(10)20-17(24)16-13(18)4-5-15(21-16)23-12(3)8-11(2)22-23;/h4-5,8,10,14,19H,6-7,9H2,1-3H3,(H,20,24);1H. The zero-order valence-corrected chi connectivity index (χ0v) is 16.1. The van der Waals surface area contributed by atoms with Crippen LogP contribution in [0.5, 0.6) is 0 Å². The summed E-state index contributed by atoms with van der Waals surface area (Å²) in [6, 6.07) is 5.56. The smallest absolute Gasteiger partial charge is 0.271 e. The zero-order valence-electron chi connectivity index (χ0n) is 14.5. The Labute approximate surface area is 158 Å². The number of carbonyl (C=O) groups is 1. The van der Waals surface area contributed by atoms with Gasteiger partial charge >= 0.3 is 0 Å². The number of pyridine rings is 1. The van der Waals surface area contributed by atoms with E-state index in [4.69, 9.17) is 11.6 Å². The van der Waals surface area contributed by atoms with Gasteiger partial charge in [0.2, 0.25) is 0 Å². The first-order valence-corrected chi connectivity index (χ1v) is 8.55. The fraction of sp³-hybridized carbons (Fsp3) is 0.471. The first-order chi connectivity index (χ1) is 11.5. The van der Waals surface area contributed by atoms with Gasteiger partial charge in [-0.2, -0.15) is 5.10 Å². The van der Waals surface area contributed by atoms with Gasteiger partial charge in [-0.1, -0.05) is 18.5 Å². The summed E-state index contributed by atoms with van der Waals surface area (Å²) in [7, 11) is 0. The average molecular weight is 384 g/mol. The van der Waals surface area contributed by atoms with Crippen molar-refractivity contribution in [2.24, 2.45) is 5.92 Å². The van der Waals surface area contributed by atoms with Gasteiger partial charge in [0.25, 0.3) is 5.91 Å². The van der Waals surface area contributed by atoms with Gasteiger partial charge in [0.15, 0.2) is 5.82 Å². The summed E-state index contributed by atoms with van der Waals surface area (Å²) in [6.45, 7) is 7.80. The lowest BCUT2D eigenvalue weighted by atomic mass is 9.95. The van der Waals surface area contributed by atoms with Gasteiger partial charge in [-0.15, -0.1) is 12.4 Å². The molecule has 0 aliphatic carbocycles. The molecule has 2 N–H and O–H groups in total. The molecule has 8 heteroatoms. The number of hydrogen-bond donors (Lipinski definition) is 2. The number of aromatic nitrogens is 3. The predicted octanol–water partition coefficient (Wildman–Crippen LogP) is 2.69. The van der Waals surface area contributed by atoms with Crippen LogP contribution in [-0.4, -0.2) is 39.8 Å². The lowest BCUT2D eigenvalue weighted by Crippen LogP contribution is -2.48. The molecule has 1 aliphatic rings. The first kappa shape index (κ1) is 19.7. The molecule has 2 aromatic rings. The SMILES string of the molecule is Cc1cc(C)n(-c2ccc(Cl)c(C(=O)NC3CCNCC3C)n2)n1.Cl. The maximum atomic E-state index is 12.6. The van der Waals surface area contributed by atoms with Crippen LogP contribution in [0.2, 0.25) is 5.02 Å². The molecule has 1 aliphatic heterocycles. The van der Waals surface area contributed by atoms with Crippen LogP contribution in [0.1, 0.15) is 35.2 Å². The highest BCUT2D eigenvalue weighted by molar-refractivity contribution is 6.33. The summed E-state index contributed by atoms with van der Waals surface area (Å²) in [6.07, 6.45) is 0.904. The number of rotatable bonds is 3. The van der Waals surface area contributed by atoms with E-state index in [0.717, 1.165) is 30.9 Å². The minimum atomic E-state index is -0.234. The van der Waals surface area contributed by atoms with Crippen LogP contribution in [0, 0.1) is 19.8 Å². The Morgan fingerprint density at radius 2 is 2.16 bits per heavy atom. The molecule has 0 bridgehead atoms. The maximum Gasteiger partial charge on any atom is 0.271 e. The van der Waals surface area contributed by atoms with E-state index in [-0.39, 0.29) is 30.0 Å². The van der Waals surface area contributed by atoms with E-state index >= 15 is 0 Å².